The number of nitrogens with one attached hydrogen (secondary N) is 2. The SMILES string of the molecule is COc1ccc(C(=O)Nc2cccc(SC(C)C(=O)Nc3c(F)c(F)c(C(F)(F)F)c(F)c3F)c2)cc1OC. The van der Waals surface area contributed by atoms with Crippen molar-refractivity contribution in [2.45, 2.75) is 23.2 Å². The lowest BCUT2D eigenvalue weighted by Crippen LogP contribution is -2.25. The van der Waals surface area contributed by atoms with Gasteiger partial charge in [0.1, 0.15) is 11.3 Å². The third-order valence-electron chi connectivity index (χ3n) is 5.21. The number of methoxy groups -OCH3 is 2. The number of thioether (sulfide) groups is 1. The summed E-state index contributed by atoms with van der Waals surface area (Å²) in [5, 5.41) is 3.10. The Hall–Kier alpha value is -3.94. The molecule has 3 rings (SSSR count). The van der Waals surface area contributed by atoms with E-state index in [1.807, 2.05) is 0 Å². The molecule has 0 aromatic heterocycles. The minimum absolute atomic E-state index is 0.249. The van der Waals surface area contributed by atoms with Gasteiger partial charge in [0.2, 0.25) is 5.91 Å². The average molecular weight is 576 g/mol. The highest BCUT2D eigenvalue weighted by molar-refractivity contribution is 8.00. The van der Waals surface area contributed by atoms with E-state index in [0.29, 0.717) is 22.1 Å². The first-order valence-corrected chi connectivity index (χ1v) is 11.7. The molecule has 3 aromatic rings. The van der Waals surface area contributed by atoms with Crippen LogP contribution in [0.2, 0.25) is 0 Å². The molecule has 0 aliphatic heterocycles. The molecule has 0 bridgehead atoms. The number of carbonyl (C=O) groups excluding carboxylic acids is 2. The van der Waals surface area contributed by atoms with Gasteiger partial charge in [0.05, 0.1) is 19.5 Å². The molecule has 3 aromatic carbocycles. The Morgan fingerprint density at radius 3 is 2.03 bits per heavy atom. The number of hydrogen-bond donors (Lipinski definition) is 2. The van der Waals surface area contributed by atoms with Crippen LogP contribution in [0.1, 0.15) is 22.8 Å². The van der Waals surface area contributed by atoms with E-state index in [1.165, 1.54) is 45.4 Å². The van der Waals surface area contributed by atoms with Crippen molar-refractivity contribution >= 4 is 35.0 Å². The van der Waals surface area contributed by atoms with Crippen LogP contribution in [0.15, 0.2) is 47.4 Å². The Morgan fingerprint density at radius 1 is 0.846 bits per heavy atom. The molecule has 1 unspecified atom stereocenters. The zero-order valence-electron chi connectivity index (χ0n) is 20.3. The Kier molecular flexibility index (Phi) is 8.99. The van der Waals surface area contributed by atoms with Crippen molar-refractivity contribution in [2.75, 3.05) is 24.9 Å². The molecule has 0 saturated heterocycles. The summed E-state index contributed by atoms with van der Waals surface area (Å²) >= 11 is 0.834. The number of alkyl halides is 3. The van der Waals surface area contributed by atoms with Crippen LogP contribution in [0.4, 0.5) is 42.1 Å². The van der Waals surface area contributed by atoms with Crippen molar-refractivity contribution in [2.24, 2.45) is 0 Å². The molecule has 2 amide bonds. The number of ether oxygens (including phenoxy) is 2. The second-order valence-corrected chi connectivity index (χ2v) is 9.22. The van der Waals surface area contributed by atoms with Gasteiger partial charge in [0, 0.05) is 16.1 Å². The number of amides is 2. The predicted molar refractivity (Wildman–Crippen MR) is 129 cm³/mol. The number of carbonyl (C=O) groups is 2. The minimum Gasteiger partial charge on any atom is -0.493 e. The highest BCUT2D eigenvalue weighted by Gasteiger charge is 2.42. The van der Waals surface area contributed by atoms with Crippen molar-refractivity contribution in [3.63, 3.8) is 0 Å². The van der Waals surface area contributed by atoms with Crippen LogP contribution >= 0.6 is 11.8 Å². The van der Waals surface area contributed by atoms with Crippen LogP contribution in [-0.2, 0) is 11.0 Å². The second-order valence-electron chi connectivity index (χ2n) is 7.80. The molecular weight excluding hydrogens is 557 g/mol. The van der Waals surface area contributed by atoms with Crippen molar-refractivity contribution in [3.8, 4) is 11.5 Å². The van der Waals surface area contributed by atoms with Gasteiger partial charge >= 0.3 is 6.18 Å². The highest BCUT2D eigenvalue weighted by atomic mass is 32.2. The van der Waals surface area contributed by atoms with Crippen molar-refractivity contribution in [3.05, 3.63) is 76.9 Å². The monoisotopic (exact) mass is 576 g/mol. The van der Waals surface area contributed by atoms with E-state index in [4.69, 9.17) is 9.47 Å². The molecule has 1 atom stereocenters. The van der Waals surface area contributed by atoms with Gasteiger partial charge in [-0.3, -0.25) is 9.59 Å². The van der Waals surface area contributed by atoms with E-state index < -0.39 is 57.8 Å². The van der Waals surface area contributed by atoms with Gasteiger partial charge in [-0.15, -0.1) is 11.8 Å². The lowest BCUT2D eigenvalue weighted by Gasteiger charge is -2.17. The normalized spacial score (nSPS) is 12.1. The van der Waals surface area contributed by atoms with Crippen LogP contribution in [0, 0.1) is 23.3 Å². The summed E-state index contributed by atoms with van der Waals surface area (Å²) in [7, 11) is 2.85. The fourth-order valence-corrected chi connectivity index (χ4v) is 4.23. The Morgan fingerprint density at radius 2 is 1.46 bits per heavy atom. The molecule has 0 aliphatic rings. The summed E-state index contributed by atoms with van der Waals surface area (Å²) in [4.78, 5) is 25.5. The summed E-state index contributed by atoms with van der Waals surface area (Å²) in [6, 6.07) is 10.6. The van der Waals surface area contributed by atoms with Gasteiger partial charge in [-0.25, -0.2) is 17.6 Å². The van der Waals surface area contributed by atoms with Crippen LogP contribution in [0.5, 0.6) is 11.5 Å². The summed E-state index contributed by atoms with van der Waals surface area (Å²) in [6.45, 7) is 1.28. The van der Waals surface area contributed by atoms with Crippen LogP contribution in [-0.4, -0.2) is 31.3 Å². The number of hydrogen-bond acceptors (Lipinski definition) is 5. The van der Waals surface area contributed by atoms with Gasteiger partial charge in [-0.2, -0.15) is 13.2 Å². The van der Waals surface area contributed by atoms with E-state index in [9.17, 15) is 40.3 Å². The smallest absolute Gasteiger partial charge is 0.422 e. The van der Waals surface area contributed by atoms with Gasteiger partial charge < -0.3 is 20.1 Å². The molecule has 14 heteroatoms. The molecule has 6 nitrogen and oxygen atoms in total. The minimum atomic E-state index is -5.71. The van der Waals surface area contributed by atoms with Gasteiger partial charge in [-0.1, -0.05) is 6.07 Å². The van der Waals surface area contributed by atoms with Crippen LogP contribution < -0.4 is 20.1 Å². The predicted octanol–water partition coefficient (Wildman–Crippen LogP) is 6.65. The van der Waals surface area contributed by atoms with E-state index in [1.54, 1.807) is 23.5 Å². The number of halogens is 7. The van der Waals surface area contributed by atoms with Gasteiger partial charge in [0.15, 0.2) is 34.8 Å². The Bertz CT molecular complexity index is 1390. The van der Waals surface area contributed by atoms with Crippen LogP contribution in [0.3, 0.4) is 0 Å². The molecular formula is C25H19F7N2O4S. The average Bonchev–Trinajstić information content (AvgIpc) is 2.88. The van der Waals surface area contributed by atoms with Gasteiger partial charge in [-0.05, 0) is 43.3 Å². The van der Waals surface area contributed by atoms with E-state index in [2.05, 4.69) is 5.32 Å². The summed E-state index contributed by atoms with van der Waals surface area (Å²) < 4.78 is 105. The molecule has 0 heterocycles. The summed E-state index contributed by atoms with van der Waals surface area (Å²) in [6.07, 6.45) is -5.71. The van der Waals surface area contributed by atoms with E-state index >= 15 is 0 Å². The fraction of sp³-hybridized carbons (Fsp3) is 0.200. The van der Waals surface area contributed by atoms with Gasteiger partial charge in [0.25, 0.3) is 5.91 Å². The molecule has 0 fully saturated rings. The van der Waals surface area contributed by atoms with Crippen molar-refractivity contribution in [1.29, 1.82) is 0 Å². The molecule has 0 aliphatic carbocycles. The third kappa shape index (κ3) is 6.56. The zero-order valence-corrected chi connectivity index (χ0v) is 21.1. The molecule has 208 valence electrons. The number of rotatable bonds is 8. The molecule has 2 N–H and O–H groups in total. The fourth-order valence-electron chi connectivity index (χ4n) is 3.30. The standard InChI is InChI=1S/C25H19F7N2O4S/c1-11(23(35)34-22-20(28)18(26)17(25(30,31)32)19(27)21(22)29)39-14-6-4-5-13(10-14)33-24(36)12-7-8-15(37-2)16(9-12)38-3/h4-11H,1-3H3,(H,33,36)(H,34,35). The molecule has 0 saturated carbocycles. The van der Waals surface area contributed by atoms with Crippen molar-refractivity contribution < 1.29 is 49.8 Å². The first kappa shape index (κ1) is 29.6. The topological polar surface area (TPSA) is 76.7 Å². The molecule has 0 radical (unpaired) electrons. The quantitative estimate of drug-likeness (QED) is 0.178. The molecule has 0 spiro atoms. The Balaban J connectivity index is 1.74. The maximum Gasteiger partial charge on any atom is 0.422 e. The molecule has 39 heavy (non-hydrogen) atoms. The summed E-state index contributed by atoms with van der Waals surface area (Å²) in [5.74, 6) is -11.1. The zero-order chi connectivity index (χ0) is 29.1. The highest BCUT2D eigenvalue weighted by Crippen LogP contribution is 2.39. The third-order valence-corrected chi connectivity index (χ3v) is 6.31. The lowest BCUT2D eigenvalue weighted by molar-refractivity contribution is -0.143. The largest absolute Gasteiger partial charge is 0.493 e. The number of anilines is 2. The second kappa shape index (κ2) is 11.8. The first-order valence-electron chi connectivity index (χ1n) is 10.8. The van der Waals surface area contributed by atoms with Crippen molar-refractivity contribution in [1.82, 2.24) is 0 Å². The summed E-state index contributed by atoms with van der Waals surface area (Å²) in [5.41, 5.74) is -3.87. The maximum absolute atomic E-state index is 14.1. The van der Waals surface area contributed by atoms with E-state index in [0.717, 1.165) is 11.8 Å². The van der Waals surface area contributed by atoms with Crippen LogP contribution in [0.25, 0.3) is 0 Å². The number of benzene rings is 3. The lowest BCUT2D eigenvalue weighted by atomic mass is 10.1. The first-order chi connectivity index (χ1) is 18.3. The maximum atomic E-state index is 14.1. The van der Waals surface area contributed by atoms with E-state index in [-0.39, 0.29) is 5.56 Å². The Labute approximate surface area is 221 Å².